The Balaban J connectivity index is 0.00000145. The number of rotatable bonds is 8. The first-order chi connectivity index (χ1) is 14.0. The van der Waals surface area contributed by atoms with Crippen LogP contribution in [0.3, 0.4) is 0 Å². The maximum atomic E-state index is 13.8. The Kier molecular flexibility index (Phi) is 7.71. The van der Waals surface area contributed by atoms with Crippen LogP contribution in [0.4, 0.5) is 8.78 Å². The fourth-order valence-corrected chi connectivity index (χ4v) is 2.68. The molecule has 3 heterocycles. The molecular formula is C20H22F2N6O. The molecule has 3 rings (SSSR count). The smallest absolute Gasteiger partial charge is 0.250 e. The zero-order valence-electron chi connectivity index (χ0n) is 16.3. The first-order valence-electron chi connectivity index (χ1n) is 9.26. The Morgan fingerprint density at radius 3 is 2.59 bits per heavy atom. The van der Waals surface area contributed by atoms with Crippen LogP contribution >= 0.6 is 0 Å². The molecule has 0 aliphatic carbocycles. The summed E-state index contributed by atoms with van der Waals surface area (Å²) in [7, 11) is 0. The van der Waals surface area contributed by atoms with Gasteiger partial charge in [-0.05, 0) is 24.1 Å². The van der Waals surface area contributed by atoms with Crippen LogP contribution in [0.5, 0.6) is 0 Å². The van der Waals surface area contributed by atoms with E-state index in [1.54, 1.807) is 17.0 Å². The second-order valence-electron chi connectivity index (χ2n) is 6.00. The monoisotopic (exact) mass is 400 g/mol. The summed E-state index contributed by atoms with van der Waals surface area (Å²) in [4.78, 5) is 22.4. The van der Waals surface area contributed by atoms with Gasteiger partial charge in [0, 0.05) is 37.2 Å². The lowest BCUT2D eigenvalue weighted by atomic mass is 10.0. The molecule has 0 radical (unpaired) electrons. The van der Waals surface area contributed by atoms with E-state index in [0.29, 0.717) is 23.3 Å². The van der Waals surface area contributed by atoms with Crippen LogP contribution in [0.2, 0.25) is 0 Å². The molecule has 0 aliphatic rings. The van der Waals surface area contributed by atoms with Gasteiger partial charge in [0.2, 0.25) is 18.2 Å². The lowest BCUT2D eigenvalue weighted by molar-refractivity contribution is -0.109. The molecule has 29 heavy (non-hydrogen) atoms. The number of fused-ring (bicyclic) bond motifs is 1. The third kappa shape index (κ3) is 5.78. The van der Waals surface area contributed by atoms with Gasteiger partial charge in [-0.3, -0.25) is 9.36 Å². The molecule has 0 aromatic carbocycles. The Morgan fingerprint density at radius 2 is 1.93 bits per heavy atom. The summed E-state index contributed by atoms with van der Waals surface area (Å²) >= 11 is 0. The molecule has 3 aromatic heterocycles. The quantitative estimate of drug-likeness (QED) is 0.462. The van der Waals surface area contributed by atoms with Crippen molar-refractivity contribution in [2.45, 2.75) is 39.0 Å². The van der Waals surface area contributed by atoms with Gasteiger partial charge >= 0.3 is 0 Å². The average Bonchev–Trinajstić information content (AvgIpc) is 3.17. The lowest BCUT2D eigenvalue weighted by Gasteiger charge is -2.15. The van der Waals surface area contributed by atoms with Crippen LogP contribution in [0, 0.1) is 11.3 Å². The average molecular weight is 400 g/mol. The second-order valence-corrected chi connectivity index (χ2v) is 6.00. The van der Waals surface area contributed by atoms with Gasteiger partial charge in [0.15, 0.2) is 0 Å². The predicted molar refractivity (Wildman–Crippen MR) is 105 cm³/mol. The number of hydrogen-bond acceptors (Lipinski definition) is 5. The van der Waals surface area contributed by atoms with Gasteiger partial charge in [0.1, 0.15) is 11.7 Å². The van der Waals surface area contributed by atoms with Crippen molar-refractivity contribution in [3.63, 3.8) is 0 Å². The molecule has 3 aromatic rings. The van der Waals surface area contributed by atoms with Crippen molar-refractivity contribution in [3.8, 4) is 11.8 Å². The van der Waals surface area contributed by atoms with Crippen molar-refractivity contribution in [3.05, 3.63) is 48.3 Å². The lowest BCUT2D eigenvalue weighted by Crippen LogP contribution is -2.24. The van der Waals surface area contributed by atoms with E-state index in [1.807, 2.05) is 32.0 Å². The van der Waals surface area contributed by atoms with E-state index in [1.165, 1.54) is 12.4 Å². The molecule has 0 atom stereocenters. The highest BCUT2D eigenvalue weighted by Crippen LogP contribution is 2.26. The number of aromatic nitrogens is 4. The zero-order valence-corrected chi connectivity index (χ0v) is 16.3. The van der Waals surface area contributed by atoms with Crippen molar-refractivity contribution in [2.24, 2.45) is 0 Å². The van der Waals surface area contributed by atoms with Gasteiger partial charge in [-0.2, -0.15) is 5.26 Å². The number of carbonyl (C=O) groups excluding carboxylic acids is 1. The number of nitrogens with zero attached hydrogens (tertiary/aromatic N) is 5. The van der Waals surface area contributed by atoms with E-state index in [2.05, 4.69) is 20.3 Å². The van der Waals surface area contributed by atoms with Crippen LogP contribution in [-0.2, 0) is 11.2 Å². The summed E-state index contributed by atoms with van der Waals surface area (Å²) in [5.41, 5.74) is 2.01. The highest BCUT2D eigenvalue weighted by Gasteiger charge is 2.27. The molecular weight excluding hydrogens is 378 g/mol. The molecule has 0 saturated heterocycles. The van der Waals surface area contributed by atoms with Crippen molar-refractivity contribution in [1.82, 2.24) is 24.8 Å². The first kappa shape index (κ1) is 21.9. The van der Waals surface area contributed by atoms with Crippen molar-refractivity contribution in [1.29, 1.82) is 5.26 Å². The third-order valence-electron chi connectivity index (χ3n) is 4.10. The Morgan fingerprint density at radius 1 is 1.21 bits per heavy atom. The first-order valence-corrected chi connectivity index (χ1v) is 9.26. The molecule has 0 fully saturated rings. The summed E-state index contributed by atoms with van der Waals surface area (Å²) in [6, 6.07) is 5.51. The predicted octanol–water partition coefficient (Wildman–Crippen LogP) is 3.42. The minimum absolute atomic E-state index is 0.0523. The molecule has 0 unspecified atom stereocenters. The van der Waals surface area contributed by atoms with E-state index >= 15 is 0 Å². The third-order valence-corrected chi connectivity index (χ3v) is 4.10. The summed E-state index contributed by atoms with van der Waals surface area (Å²) in [6.45, 7) is 3.95. The number of hydrogen-bond donors (Lipinski definition) is 1. The number of nitriles is 1. The van der Waals surface area contributed by atoms with Crippen molar-refractivity contribution in [2.75, 3.05) is 6.54 Å². The highest BCUT2D eigenvalue weighted by atomic mass is 19.3. The van der Waals surface area contributed by atoms with Crippen LogP contribution in [0.1, 0.15) is 38.1 Å². The fourth-order valence-electron chi connectivity index (χ4n) is 2.68. The number of nitrogens with one attached hydrogen (secondary N) is 1. The topological polar surface area (TPSA) is 96.5 Å². The highest BCUT2D eigenvalue weighted by molar-refractivity contribution is 5.78. The SMILES string of the molecule is CC.N#Cc1ncc(-n2ccc3cc(CCC(F)(F)CCNC=O)cnc32)cn1. The maximum absolute atomic E-state index is 13.8. The van der Waals surface area contributed by atoms with Crippen molar-refractivity contribution < 1.29 is 13.6 Å². The summed E-state index contributed by atoms with van der Waals surface area (Å²) in [5, 5.41) is 11.8. The van der Waals surface area contributed by atoms with Crippen molar-refractivity contribution >= 4 is 17.4 Å². The summed E-state index contributed by atoms with van der Waals surface area (Å²) in [6.07, 6.45) is 6.29. The van der Waals surface area contributed by atoms with E-state index in [9.17, 15) is 13.6 Å². The fraction of sp³-hybridized carbons (Fsp3) is 0.350. The van der Waals surface area contributed by atoms with Gasteiger partial charge in [0.25, 0.3) is 0 Å². The number of aryl methyl sites for hydroxylation is 1. The number of carbonyl (C=O) groups is 1. The molecule has 1 N–H and O–H groups in total. The minimum atomic E-state index is -2.85. The zero-order chi connectivity index (χ0) is 21.3. The number of alkyl halides is 2. The Bertz CT molecular complexity index is 979. The minimum Gasteiger partial charge on any atom is -0.358 e. The van der Waals surface area contributed by atoms with E-state index in [0.717, 1.165) is 5.39 Å². The molecule has 7 nitrogen and oxygen atoms in total. The van der Waals surface area contributed by atoms with Gasteiger partial charge in [-0.15, -0.1) is 0 Å². The molecule has 152 valence electrons. The van der Waals surface area contributed by atoms with E-state index in [-0.39, 0.29) is 25.2 Å². The largest absolute Gasteiger partial charge is 0.358 e. The van der Waals surface area contributed by atoms with Gasteiger partial charge in [-0.1, -0.05) is 13.8 Å². The number of pyridine rings is 1. The van der Waals surface area contributed by atoms with Crippen LogP contribution < -0.4 is 5.32 Å². The van der Waals surface area contributed by atoms with Crippen LogP contribution in [0.25, 0.3) is 16.7 Å². The van der Waals surface area contributed by atoms with Crippen LogP contribution in [0.15, 0.2) is 36.9 Å². The molecule has 0 spiro atoms. The summed E-state index contributed by atoms with van der Waals surface area (Å²) in [5.74, 6) is -2.77. The van der Waals surface area contributed by atoms with E-state index in [4.69, 9.17) is 5.26 Å². The number of amides is 1. The van der Waals surface area contributed by atoms with Gasteiger partial charge in [0.05, 0.1) is 18.1 Å². The molecule has 1 amide bonds. The summed E-state index contributed by atoms with van der Waals surface area (Å²) < 4.78 is 29.4. The number of halogens is 2. The van der Waals surface area contributed by atoms with E-state index < -0.39 is 12.3 Å². The molecule has 0 bridgehead atoms. The normalized spacial score (nSPS) is 10.7. The molecule has 0 saturated carbocycles. The Labute approximate surface area is 167 Å². The van der Waals surface area contributed by atoms with Gasteiger partial charge in [-0.25, -0.2) is 23.7 Å². The van der Waals surface area contributed by atoms with Gasteiger partial charge < -0.3 is 5.32 Å². The molecule has 9 heteroatoms. The standard InChI is InChI=1S/C18H16F2N6O.C2H6/c19-18(20,4-5-22-12-27)3-1-13-7-14-2-6-26(17(14)25-9-13)15-10-23-16(8-21)24-11-15;1-2/h2,6-7,9-12H,1,3-5H2,(H,22,27);1-2H3. The molecule has 0 aliphatic heterocycles. The van der Waals surface area contributed by atoms with Crippen LogP contribution in [-0.4, -0.2) is 38.4 Å². The maximum Gasteiger partial charge on any atom is 0.250 e. The Hall–Kier alpha value is -3.41. The second kappa shape index (κ2) is 10.2.